The van der Waals surface area contributed by atoms with E-state index in [2.05, 4.69) is 9.97 Å². The minimum Gasteiger partial charge on any atom is -0.479 e. The molecule has 0 fully saturated rings. The van der Waals surface area contributed by atoms with Crippen molar-refractivity contribution in [2.75, 3.05) is 6.61 Å². The first-order chi connectivity index (χ1) is 12.9. The highest BCUT2D eigenvalue weighted by atomic mass is 16.5. The number of carbonyl (C=O) groups is 1. The Morgan fingerprint density at radius 1 is 1.26 bits per heavy atom. The summed E-state index contributed by atoms with van der Waals surface area (Å²) >= 11 is 0. The van der Waals surface area contributed by atoms with E-state index in [0.29, 0.717) is 17.1 Å². The third-order valence-electron chi connectivity index (χ3n) is 4.00. The van der Waals surface area contributed by atoms with Crippen LogP contribution in [0.25, 0.3) is 17.2 Å². The summed E-state index contributed by atoms with van der Waals surface area (Å²) in [6, 6.07) is 8.24. The number of aromatic nitrogens is 4. The van der Waals surface area contributed by atoms with Crippen LogP contribution in [-0.2, 0) is 14.1 Å². The first kappa shape index (κ1) is 17.9. The SMILES string of the molecule is Cn1c(/C=C\C(=O)c2ccc(OCC#N)cc2)nc2c1c(=O)[nH]c(=O)n2C. The number of hydrogen-bond donors (Lipinski definition) is 1. The number of ketones is 1. The highest BCUT2D eigenvalue weighted by molar-refractivity contribution is 6.06. The van der Waals surface area contributed by atoms with Gasteiger partial charge < -0.3 is 9.30 Å². The highest BCUT2D eigenvalue weighted by Gasteiger charge is 2.13. The fourth-order valence-corrected chi connectivity index (χ4v) is 2.55. The summed E-state index contributed by atoms with van der Waals surface area (Å²) in [5.74, 6) is 0.586. The van der Waals surface area contributed by atoms with Crippen LogP contribution in [0.1, 0.15) is 16.2 Å². The van der Waals surface area contributed by atoms with Crippen LogP contribution in [0, 0.1) is 11.3 Å². The third-order valence-corrected chi connectivity index (χ3v) is 4.00. The zero-order valence-electron chi connectivity index (χ0n) is 14.6. The van der Waals surface area contributed by atoms with E-state index in [1.54, 1.807) is 31.3 Å². The molecule has 0 bridgehead atoms. The number of carbonyl (C=O) groups excluding carboxylic acids is 1. The topological polar surface area (TPSA) is 123 Å². The number of rotatable bonds is 5. The van der Waals surface area contributed by atoms with Crippen LogP contribution in [0.3, 0.4) is 0 Å². The van der Waals surface area contributed by atoms with E-state index < -0.39 is 11.2 Å². The maximum Gasteiger partial charge on any atom is 0.329 e. The molecule has 0 aliphatic rings. The Bertz CT molecular complexity index is 1210. The van der Waals surface area contributed by atoms with Crippen molar-refractivity contribution in [3.8, 4) is 11.8 Å². The van der Waals surface area contributed by atoms with Gasteiger partial charge in [0, 0.05) is 19.7 Å². The van der Waals surface area contributed by atoms with Crippen molar-refractivity contribution in [1.29, 1.82) is 5.26 Å². The molecule has 2 aromatic heterocycles. The summed E-state index contributed by atoms with van der Waals surface area (Å²) in [6.45, 7) is -0.0679. The number of aryl methyl sites for hydroxylation is 2. The fraction of sp³-hybridized carbons (Fsp3) is 0.167. The molecule has 9 nitrogen and oxygen atoms in total. The smallest absolute Gasteiger partial charge is 0.329 e. The van der Waals surface area contributed by atoms with E-state index in [9.17, 15) is 14.4 Å². The molecule has 0 saturated carbocycles. The van der Waals surface area contributed by atoms with Gasteiger partial charge in [0.25, 0.3) is 5.56 Å². The Morgan fingerprint density at radius 2 is 1.96 bits per heavy atom. The maximum atomic E-state index is 12.3. The van der Waals surface area contributed by atoms with Gasteiger partial charge in [-0.2, -0.15) is 5.26 Å². The number of aromatic amines is 1. The van der Waals surface area contributed by atoms with Gasteiger partial charge in [0.2, 0.25) is 0 Å². The molecule has 0 aliphatic heterocycles. The van der Waals surface area contributed by atoms with E-state index >= 15 is 0 Å². The monoisotopic (exact) mass is 365 g/mol. The molecule has 0 aliphatic carbocycles. The predicted octanol–water partition coefficient (Wildman–Crippen LogP) is 0.759. The molecule has 2 heterocycles. The molecule has 0 spiro atoms. The Hall–Kier alpha value is -3.93. The normalized spacial score (nSPS) is 11.0. The molecule has 136 valence electrons. The summed E-state index contributed by atoms with van der Waals surface area (Å²) in [7, 11) is 3.13. The largest absolute Gasteiger partial charge is 0.479 e. The zero-order chi connectivity index (χ0) is 19.6. The van der Waals surface area contributed by atoms with E-state index in [0.717, 1.165) is 0 Å². The average molecular weight is 365 g/mol. The number of nitriles is 1. The second-order valence-electron chi connectivity index (χ2n) is 5.69. The Balaban J connectivity index is 1.89. The van der Waals surface area contributed by atoms with Crippen molar-refractivity contribution in [3.63, 3.8) is 0 Å². The van der Waals surface area contributed by atoms with E-state index in [4.69, 9.17) is 10.00 Å². The standard InChI is InChI=1S/C18H15N5O4/c1-22-14(20-16-15(22)17(25)21-18(26)23(16)2)8-7-13(24)11-3-5-12(6-4-11)27-10-9-19/h3-8H,10H2,1-2H3,(H,21,25,26)/b8-7-. The van der Waals surface area contributed by atoms with Crippen molar-refractivity contribution in [1.82, 2.24) is 19.1 Å². The van der Waals surface area contributed by atoms with Crippen molar-refractivity contribution >= 4 is 23.0 Å². The van der Waals surface area contributed by atoms with Crippen molar-refractivity contribution < 1.29 is 9.53 Å². The van der Waals surface area contributed by atoms with Gasteiger partial charge in [-0.05, 0) is 36.4 Å². The van der Waals surface area contributed by atoms with Crippen LogP contribution in [-0.4, -0.2) is 31.5 Å². The molecule has 0 saturated heterocycles. The number of nitrogens with one attached hydrogen (secondary N) is 1. The van der Waals surface area contributed by atoms with Crippen molar-refractivity contribution in [3.05, 3.63) is 62.6 Å². The molecule has 1 aromatic carbocycles. The molecule has 1 N–H and O–H groups in total. The van der Waals surface area contributed by atoms with E-state index in [1.807, 2.05) is 6.07 Å². The van der Waals surface area contributed by atoms with Crippen molar-refractivity contribution in [2.45, 2.75) is 0 Å². The highest BCUT2D eigenvalue weighted by Crippen LogP contribution is 2.14. The number of imidazole rings is 1. The van der Waals surface area contributed by atoms with Gasteiger partial charge in [0.05, 0.1) is 0 Å². The number of H-pyrrole nitrogens is 1. The lowest BCUT2D eigenvalue weighted by Crippen LogP contribution is -2.29. The van der Waals surface area contributed by atoms with Crippen LogP contribution in [0.2, 0.25) is 0 Å². The molecular weight excluding hydrogens is 350 g/mol. The zero-order valence-corrected chi connectivity index (χ0v) is 14.6. The Kier molecular flexibility index (Phi) is 4.72. The molecule has 3 aromatic rings. The molecule has 27 heavy (non-hydrogen) atoms. The summed E-state index contributed by atoms with van der Waals surface area (Å²) in [6.07, 6.45) is 2.81. The predicted molar refractivity (Wildman–Crippen MR) is 97.5 cm³/mol. The van der Waals surface area contributed by atoms with Crippen LogP contribution < -0.4 is 16.0 Å². The first-order valence-electron chi connectivity index (χ1n) is 7.90. The molecule has 0 radical (unpaired) electrons. The fourth-order valence-electron chi connectivity index (χ4n) is 2.55. The van der Waals surface area contributed by atoms with Crippen molar-refractivity contribution in [2.24, 2.45) is 14.1 Å². The molecule has 0 unspecified atom stereocenters. The molecule has 3 rings (SSSR count). The number of hydrogen-bond acceptors (Lipinski definition) is 6. The second-order valence-corrected chi connectivity index (χ2v) is 5.69. The first-order valence-corrected chi connectivity index (χ1v) is 7.90. The van der Waals surface area contributed by atoms with E-state index in [1.165, 1.54) is 28.3 Å². The summed E-state index contributed by atoms with van der Waals surface area (Å²) in [5, 5.41) is 8.49. The van der Waals surface area contributed by atoms with Gasteiger partial charge >= 0.3 is 5.69 Å². The van der Waals surface area contributed by atoms with Gasteiger partial charge in [-0.3, -0.25) is 19.1 Å². The molecular formula is C18H15N5O4. The lowest BCUT2D eigenvalue weighted by atomic mass is 10.1. The summed E-state index contributed by atoms with van der Waals surface area (Å²) in [4.78, 5) is 42.5. The number of allylic oxidation sites excluding steroid dienone is 1. The quantitative estimate of drug-likeness (QED) is 0.526. The number of nitrogens with zero attached hydrogens (tertiary/aromatic N) is 4. The third kappa shape index (κ3) is 3.41. The minimum absolute atomic E-state index is 0.0679. The van der Waals surface area contributed by atoms with Gasteiger partial charge in [-0.25, -0.2) is 9.78 Å². The molecule has 9 heteroatoms. The number of benzene rings is 1. The van der Waals surface area contributed by atoms with Crippen LogP contribution in [0.5, 0.6) is 5.75 Å². The Labute approximate surface area is 152 Å². The number of fused-ring (bicyclic) bond motifs is 1. The lowest BCUT2D eigenvalue weighted by molar-refractivity contribution is 0.104. The van der Waals surface area contributed by atoms with E-state index in [-0.39, 0.29) is 23.6 Å². The summed E-state index contributed by atoms with van der Waals surface area (Å²) < 4.78 is 7.88. The van der Waals surface area contributed by atoms with Crippen LogP contribution in [0.4, 0.5) is 0 Å². The van der Waals surface area contributed by atoms with Crippen LogP contribution >= 0.6 is 0 Å². The van der Waals surface area contributed by atoms with Gasteiger partial charge in [-0.1, -0.05) is 0 Å². The van der Waals surface area contributed by atoms with Crippen LogP contribution in [0.15, 0.2) is 39.9 Å². The summed E-state index contributed by atoms with van der Waals surface area (Å²) in [5.41, 5.74) is -0.196. The second kappa shape index (κ2) is 7.13. The number of ether oxygens (including phenoxy) is 1. The minimum atomic E-state index is -0.559. The van der Waals surface area contributed by atoms with Gasteiger partial charge in [0.1, 0.15) is 17.6 Å². The Morgan fingerprint density at radius 3 is 2.63 bits per heavy atom. The van der Waals surface area contributed by atoms with Gasteiger partial charge in [-0.15, -0.1) is 0 Å². The average Bonchev–Trinajstić information content (AvgIpc) is 3.00. The van der Waals surface area contributed by atoms with Gasteiger partial charge in [0.15, 0.2) is 23.6 Å². The molecule has 0 atom stereocenters. The maximum absolute atomic E-state index is 12.3. The lowest BCUT2D eigenvalue weighted by Gasteiger charge is -2.01. The molecule has 0 amide bonds.